The molecule has 0 aliphatic heterocycles. The smallest absolute Gasteiger partial charge is 0.0438 e. The Morgan fingerprint density at radius 2 is 2.20 bits per heavy atom. The van der Waals surface area contributed by atoms with Crippen LogP contribution in [-0.2, 0) is 6.42 Å². The Labute approximate surface area is 138 Å². The summed E-state index contributed by atoms with van der Waals surface area (Å²) in [5, 5.41) is 6.63. The second kappa shape index (κ2) is 7.60. The molecule has 4 heteroatoms. The predicted octanol–water partition coefficient (Wildman–Crippen LogP) is 5.76. The summed E-state index contributed by atoms with van der Waals surface area (Å²) in [6, 6.07) is 8.69. The lowest BCUT2D eigenvalue weighted by molar-refractivity contribution is 0.530. The fraction of sp³-hybridized carbons (Fsp3) is 0.375. The van der Waals surface area contributed by atoms with Crippen LogP contribution in [0.15, 0.2) is 34.1 Å². The molecule has 2 rings (SSSR count). The van der Waals surface area contributed by atoms with Crippen molar-refractivity contribution in [3.63, 3.8) is 0 Å². The highest BCUT2D eigenvalue weighted by atomic mass is 79.9. The number of nitrogens with one attached hydrogen (secondary N) is 1. The first-order valence-electron chi connectivity index (χ1n) is 6.83. The highest BCUT2D eigenvalue weighted by Gasteiger charge is 2.16. The average Bonchev–Trinajstić information content (AvgIpc) is 2.83. The molecule has 2 aromatic rings. The molecule has 0 spiro atoms. The van der Waals surface area contributed by atoms with E-state index in [1.165, 1.54) is 16.0 Å². The van der Waals surface area contributed by atoms with Crippen molar-refractivity contribution in [3.8, 4) is 0 Å². The van der Waals surface area contributed by atoms with Crippen LogP contribution in [-0.4, -0.2) is 6.54 Å². The van der Waals surface area contributed by atoms with Gasteiger partial charge in [0.05, 0.1) is 0 Å². The predicted molar refractivity (Wildman–Crippen MR) is 92.9 cm³/mol. The van der Waals surface area contributed by atoms with Crippen LogP contribution < -0.4 is 5.32 Å². The zero-order chi connectivity index (χ0) is 14.5. The third-order valence-corrected chi connectivity index (χ3v) is 5.48. The highest BCUT2D eigenvalue weighted by molar-refractivity contribution is 9.10. The van der Waals surface area contributed by atoms with Crippen molar-refractivity contribution in [3.05, 3.63) is 55.1 Å². The van der Waals surface area contributed by atoms with Gasteiger partial charge in [0.2, 0.25) is 0 Å². The first-order chi connectivity index (χ1) is 9.61. The quantitative estimate of drug-likeness (QED) is 0.680. The Balaban J connectivity index is 2.24. The topological polar surface area (TPSA) is 12.0 Å². The number of benzene rings is 1. The van der Waals surface area contributed by atoms with Crippen molar-refractivity contribution in [1.29, 1.82) is 0 Å². The van der Waals surface area contributed by atoms with E-state index in [0.717, 1.165) is 28.9 Å². The average molecular weight is 373 g/mol. The van der Waals surface area contributed by atoms with Gasteiger partial charge in [0.25, 0.3) is 0 Å². The van der Waals surface area contributed by atoms with Crippen LogP contribution in [0.5, 0.6) is 0 Å². The second-order valence-corrected chi connectivity index (χ2v) is 7.21. The van der Waals surface area contributed by atoms with Crippen molar-refractivity contribution < 1.29 is 0 Å². The molecule has 0 fully saturated rings. The van der Waals surface area contributed by atoms with E-state index >= 15 is 0 Å². The van der Waals surface area contributed by atoms with Gasteiger partial charge in [0, 0.05) is 32.2 Å². The first kappa shape index (κ1) is 16.0. The van der Waals surface area contributed by atoms with Crippen LogP contribution in [0, 0.1) is 6.92 Å². The molecule has 1 nitrogen and oxygen atoms in total. The molecule has 0 bridgehead atoms. The number of halogens is 2. The Morgan fingerprint density at radius 1 is 1.40 bits per heavy atom. The van der Waals surface area contributed by atoms with Gasteiger partial charge in [-0.25, -0.2) is 0 Å². The molecule has 0 saturated heterocycles. The molecule has 0 amide bonds. The van der Waals surface area contributed by atoms with Gasteiger partial charge in [0.1, 0.15) is 0 Å². The molecule has 1 atom stereocenters. The van der Waals surface area contributed by atoms with Gasteiger partial charge in [-0.1, -0.05) is 30.7 Å². The second-order valence-electron chi connectivity index (χ2n) is 4.90. The van der Waals surface area contributed by atoms with Crippen LogP contribution in [0.25, 0.3) is 0 Å². The normalized spacial score (nSPS) is 12.6. The van der Waals surface area contributed by atoms with Crippen LogP contribution >= 0.6 is 38.9 Å². The molecule has 1 unspecified atom stereocenters. The molecular weight excluding hydrogens is 354 g/mol. The van der Waals surface area contributed by atoms with Crippen molar-refractivity contribution in [1.82, 2.24) is 5.32 Å². The van der Waals surface area contributed by atoms with E-state index in [1.807, 2.05) is 12.1 Å². The maximum atomic E-state index is 6.27. The van der Waals surface area contributed by atoms with Gasteiger partial charge in [0.15, 0.2) is 0 Å². The number of hydrogen-bond donors (Lipinski definition) is 1. The molecule has 0 aliphatic carbocycles. The summed E-state index contributed by atoms with van der Waals surface area (Å²) in [6.45, 7) is 5.31. The summed E-state index contributed by atoms with van der Waals surface area (Å²) in [5.41, 5.74) is 2.48. The van der Waals surface area contributed by atoms with E-state index in [4.69, 9.17) is 11.6 Å². The van der Waals surface area contributed by atoms with Crippen LogP contribution in [0.3, 0.4) is 0 Å². The molecule has 1 N–H and O–H groups in total. The van der Waals surface area contributed by atoms with Crippen molar-refractivity contribution in [2.45, 2.75) is 32.7 Å². The van der Waals surface area contributed by atoms with Gasteiger partial charge in [-0.3, -0.25) is 0 Å². The molecule has 20 heavy (non-hydrogen) atoms. The van der Waals surface area contributed by atoms with Crippen molar-refractivity contribution in [2.24, 2.45) is 0 Å². The summed E-state index contributed by atoms with van der Waals surface area (Å²) in [5.74, 6) is 0. The Kier molecular flexibility index (Phi) is 6.09. The lowest BCUT2D eigenvalue weighted by Gasteiger charge is -2.21. The monoisotopic (exact) mass is 371 g/mol. The summed E-state index contributed by atoms with van der Waals surface area (Å²) in [6.07, 6.45) is 2.13. The number of rotatable bonds is 6. The van der Waals surface area contributed by atoms with E-state index in [-0.39, 0.29) is 0 Å². The maximum Gasteiger partial charge on any atom is 0.0438 e. The SMILES string of the molecule is CCCNC(Cc1cc(Br)cs1)c1cccc(Cl)c1C. The van der Waals surface area contributed by atoms with E-state index in [9.17, 15) is 0 Å². The van der Waals surface area contributed by atoms with Crippen molar-refractivity contribution in [2.75, 3.05) is 6.54 Å². The van der Waals surface area contributed by atoms with E-state index in [2.05, 4.69) is 52.6 Å². The number of thiophene rings is 1. The fourth-order valence-electron chi connectivity index (χ4n) is 2.27. The van der Waals surface area contributed by atoms with Gasteiger partial charge in [-0.15, -0.1) is 11.3 Å². The number of hydrogen-bond acceptors (Lipinski definition) is 2. The van der Waals surface area contributed by atoms with Gasteiger partial charge < -0.3 is 5.32 Å². The van der Waals surface area contributed by atoms with Crippen LogP contribution in [0.2, 0.25) is 5.02 Å². The van der Waals surface area contributed by atoms with Gasteiger partial charge in [-0.2, -0.15) is 0 Å². The summed E-state index contributed by atoms with van der Waals surface area (Å²) in [4.78, 5) is 1.38. The zero-order valence-corrected chi connectivity index (χ0v) is 14.9. The molecule has 0 radical (unpaired) electrons. The molecule has 1 aromatic heterocycles. The minimum absolute atomic E-state index is 0.319. The Bertz CT molecular complexity index is 567. The van der Waals surface area contributed by atoms with E-state index < -0.39 is 0 Å². The van der Waals surface area contributed by atoms with Gasteiger partial charge in [-0.05, 0) is 59.1 Å². The third kappa shape index (κ3) is 4.08. The highest BCUT2D eigenvalue weighted by Crippen LogP contribution is 2.29. The van der Waals surface area contributed by atoms with Gasteiger partial charge >= 0.3 is 0 Å². The molecule has 0 aliphatic rings. The fourth-order valence-corrected chi connectivity index (χ4v) is 3.95. The molecule has 0 saturated carbocycles. The van der Waals surface area contributed by atoms with Crippen molar-refractivity contribution >= 4 is 38.9 Å². The Hall–Kier alpha value is -0.350. The zero-order valence-electron chi connectivity index (χ0n) is 11.7. The minimum Gasteiger partial charge on any atom is -0.310 e. The van der Waals surface area contributed by atoms with Crippen LogP contribution in [0.4, 0.5) is 0 Å². The lowest BCUT2D eigenvalue weighted by atomic mass is 9.98. The maximum absolute atomic E-state index is 6.27. The minimum atomic E-state index is 0.319. The largest absolute Gasteiger partial charge is 0.310 e. The summed E-state index contributed by atoms with van der Waals surface area (Å²) >= 11 is 11.6. The lowest BCUT2D eigenvalue weighted by Crippen LogP contribution is -2.24. The summed E-state index contributed by atoms with van der Waals surface area (Å²) < 4.78 is 1.16. The molecule has 108 valence electrons. The third-order valence-electron chi connectivity index (χ3n) is 3.35. The molecular formula is C16H19BrClNS. The molecule has 1 heterocycles. The standard InChI is InChI=1S/C16H19BrClNS/c1-3-7-19-16(9-13-8-12(17)10-20-13)14-5-4-6-15(18)11(14)2/h4-6,8,10,16,19H,3,7,9H2,1-2H3. The van der Waals surface area contributed by atoms with Crippen LogP contribution in [0.1, 0.15) is 35.4 Å². The Morgan fingerprint density at radius 3 is 2.85 bits per heavy atom. The van der Waals surface area contributed by atoms with E-state index in [1.54, 1.807) is 11.3 Å². The summed E-state index contributed by atoms with van der Waals surface area (Å²) in [7, 11) is 0. The molecule has 1 aromatic carbocycles. The first-order valence-corrected chi connectivity index (χ1v) is 8.88. The van der Waals surface area contributed by atoms with E-state index in [0.29, 0.717) is 6.04 Å².